The molecule has 0 spiro atoms. The summed E-state index contributed by atoms with van der Waals surface area (Å²) in [4.78, 5) is 0. The van der Waals surface area contributed by atoms with Gasteiger partial charge in [-0.05, 0) is 0 Å². The maximum absolute atomic E-state index is 2.31. The van der Waals surface area contributed by atoms with Gasteiger partial charge in [0.25, 0.3) is 0 Å². The molecule has 0 heterocycles. The van der Waals surface area contributed by atoms with Crippen LogP contribution in [0.1, 0.15) is 32.6 Å². The fourth-order valence-corrected chi connectivity index (χ4v) is 1.95. The number of allylic oxidation sites excluding steroid dienone is 4. The van der Waals surface area contributed by atoms with Crippen molar-refractivity contribution in [3.8, 4) is 0 Å². The third-order valence-corrected chi connectivity index (χ3v) is 3.12. The zero-order valence-electron chi connectivity index (χ0n) is 6.89. The molecule has 1 aliphatic rings. The molecule has 1 rings (SSSR count). The summed E-state index contributed by atoms with van der Waals surface area (Å²) in [5.41, 5.74) is 1.63. The Morgan fingerprint density at radius 3 is 2.73 bits per heavy atom. The van der Waals surface area contributed by atoms with Crippen molar-refractivity contribution in [1.82, 2.24) is 0 Å². The molecule has 0 aromatic rings. The van der Waals surface area contributed by atoms with E-state index >= 15 is 0 Å². The van der Waals surface area contributed by atoms with Crippen LogP contribution in [0.5, 0.6) is 0 Å². The molecule has 11 heavy (non-hydrogen) atoms. The van der Waals surface area contributed by atoms with Crippen LogP contribution in [-0.4, -0.2) is 0 Å². The minimum atomic E-state index is 0. The van der Waals surface area contributed by atoms with Gasteiger partial charge in [-0.3, -0.25) is 0 Å². The first kappa shape index (κ1) is 11.7. The zero-order valence-corrected chi connectivity index (χ0v) is 10.2. The van der Waals surface area contributed by atoms with Crippen LogP contribution < -0.4 is 0 Å². The molecule has 0 aliphatic heterocycles. The van der Waals surface area contributed by atoms with Crippen LogP contribution in [0.3, 0.4) is 0 Å². The minimum absolute atomic E-state index is 0. The Morgan fingerprint density at radius 2 is 2.27 bits per heavy atom. The maximum atomic E-state index is 2.31. The average molecular weight is 249 g/mol. The van der Waals surface area contributed by atoms with Crippen LogP contribution in [0.4, 0.5) is 0 Å². The Hall–Kier alpha value is 0.653. The van der Waals surface area contributed by atoms with Crippen LogP contribution in [0.15, 0.2) is 21.0 Å². The molecule has 0 amide bonds. The fourth-order valence-electron chi connectivity index (χ4n) is 1.15. The van der Waals surface area contributed by atoms with Gasteiger partial charge in [-0.1, -0.05) is 0 Å². The number of halogens is 1. The Labute approximate surface area is 90.4 Å². The van der Waals surface area contributed by atoms with Crippen LogP contribution in [0, 0.1) is 0 Å². The van der Waals surface area contributed by atoms with Crippen LogP contribution in [0.25, 0.3) is 0 Å². The SMILES string of the molecule is CCCCC1=[C]([Zr])CC=C1.Cl. The van der Waals surface area contributed by atoms with Gasteiger partial charge in [-0.15, -0.1) is 12.4 Å². The van der Waals surface area contributed by atoms with Crippen LogP contribution >= 0.6 is 12.4 Å². The monoisotopic (exact) mass is 247 g/mol. The summed E-state index contributed by atoms with van der Waals surface area (Å²) in [5, 5.41) is 0. The van der Waals surface area contributed by atoms with Crippen molar-refractivity contribution in [3.05, 3.63) is 21.0 Å². The molecule has 0 fully saturated rings. The summed E-state index contributed by atoms with van der Waals surface area (Å²) in [6.07, 6.45) is 9.82. The second-order valence-electron chi connectivity index (χ2n) is 2.71. The van der Waals surface area contributed by atoms with Crippen molar-refractivity contribution in [1.29, 1.82) is 0 Å². The Balaban J connectivity index is 0.000001000. The standard InChI is InChI=1S/C9H13.ClH.Zr/c1-2-3-6-9-7-4-5-8-9;;/h4,7H,2-3,5-6H2,1H3;1H;. The largest absolute Gasteiger partial charge is 0.147 e. The first-order chi connectivity index (χ1) is 4.84. The molecule has 0 saturated carbocycles. The Bertz CT molecular complexity index is 170. The number of rotatable bonds is 3. The predicted molar refractivity (Wildman–Crippen MR) is 47.6 cm³/mol. The molecule has 2 heteroatoms. The smallest absolute Gasteiger partial charge is 0.147 e. The molecule has 0 N–H and O–H groups in total. The van der Waals surface area contributed by atoms with Gasteiger partial charge < -0.3 is 0 Å². The van der Waals surface area contributed by atoms with E-state index in [1.807, 2.05) is 0 Å². The summed E-state index contributed by atoms with van der Waals surface area (Å²) in [7, 11) is 0. The molecule has 0 aromatic heterocycles. The maximum Gasteiger partial charge on any atom is -0.147 e. The topological polar surface area (TPSA) is 0 Å². The molecule has 0 saturated heterocycles. The van der Waals surface area contributed by atoms with Crippen molar-refractivity contribution in [3.63, 3.8) is 0 Å². The van der Waals surface area contributed by atoms with Crippen molar-refractivity contribution in [2.24, 2.45) is 0 Å². The molecule has 0 radical (unpaired) electrons. The molecule has 61 valence electrons. The number of unbranched alkanes of at least 4 members (excludes halogenated alkanes) is 1. The van der Waals surface area contributed by atoms with Crippen molar-refractivity contribution < 1.29 is 24.7 Å². The van der Waals surface area contributed by atoms with Gasteiger partial charge in [0.05, 0.1) is 0 Å². The summed E-state index contributed by atoms with van der Waals surface area (Å²) >= 11 is 1.61. The van der Waals surface area contributed by atoms with E-state index in [4.69, 9.17) is 0 Å². The second kappa shape index (κ2) is 6.20. The second-order valence-corrected chi connectivity index (χ2v) is 4.20. The zero-order chi connectivity index (χ0) is 7.40. The van der Waals surface area contributed by atoms with E-state index in [-0.39, 0.29) is 12.4 Å². The fraction of sp³-hybridized carbons (Fsp3) is 0.556. The minimum Gasteiger partial charge on any atom is -0.147 e. The van der Waals surface area contributed by atoms with Gasteiger partial charge in [0.1, 0.15) is 0 Å². The molecule has 0 bridgehead atoms. The van der Waals surface area contributed by atoms with Gasteiger partial charge >= 0.3 is 78.3 Å². The first-order valence-electron chi connectivity index (χ1n) is 3.94. The summed E-state index contributed by atoms with van der Waals surface area (Å²) in [5.74, 6) is 0. The van der Waals surface area contributed by atoms with Crippen LogP contribution in [0.2, 0.25) is 0 Å². The summed E-state index contributed by atoms with van der Waals surface area (Å²) < 4.78 is 1.67. The van der Waals surface area contributed by atoms with E-state index in [2.05, 4.69) is 19.1 Å². The molecule has 1 aliphatic carbocycles. The van der Waals surface area contributed by atoms with E-state index < -0.39 is 0 Å². The van der Waals surface area contributed by atoms with E-state index in [1.54, 1.807) is 33.6 Å². The number of hydrogen-bond acceptors (Lipinski definition) is 0. The average Bonchev–Trinajstić information content (AvgIpc) is 2.31. The summed E-state index contributed by atoms with van der Waals surface area (Å²) in [6, 6.07) is 0. The molecule has 0 aromatic carbocycles. The first-order valence-corrected chi connectivity index (χ1v) is 5.17. The van der Waals surface area contributed by atoms with Crippen LogP contribution in [-0.2, 0) is 24.7 Å². The van der Waals surface area contributed by atoms with Crippen molar-refractivity contribution in [2.45, 2.75) is 32.6 Å². The Kier molecular flexibility index (Phi) is 6.57. The summed E-state index contributed by atoms with van der Waals surface area (Å²) in [6.45, 7) is 2.25. The molecule has 0 nitrogen and oxygen atoms in total. The Morgan fingerprint density at radius 1 is 1.55 bits per heavy atom. The van der Waals surface area contributed by atoms with Gasteiger partial charge in [-0.25, -0.2) is 0 Å². The third kappa shape index (κ3) is 3.72. The van der Waals surface area contributed by atoms with Crippen molar-refractivity contribution >= 4 is 12.4 Å². The molecule has 0 unspecified atom stereocenters. The van der Waals surface area contributed by atoms with E-state index in [0.717, 1.165) is 0 Å². The van der Waals surface area contributed by atoms with Gasteiger partial charge in [-0.2, -0.15) is 0 Å². The predicted octanol–water partition coefficient (Wildman–Crippen LogP) is 3.36. The van der Waals surface area contributed by atoms with Crippen molar-refractivity contribution in [2.75, 3.05) is 0 Å². The quantitative estimate of drug-likeness (QED) is 0.719. The van der Waals surface area contributed by atoms with E-state index in [0.29, 0.717) is 0 Å². The van der Waals surface area contributed by atoms with Gasteiger partial charge in [0.2, 0.25) is 0 Å². The van der Waals surface area contributed by atoms with E-state index in [9.17, 15) is 0 Å². The molecule has 0 atom stereocenters. The molecular formula is C9H14ClZr. The normalized spacial score (nSPS) is 15.3. The van der Waals surface area contributed by atoms with Gasteiger partial charge in [0, 0.05) is 0 Å². The number of hydrogen-bond donors (Lipinski definition) is 0. The van der Waals surface area contributed by atoms with Gasteiger partial charge in [0.15, 0.2) is 0 Å². The van der Waals surface area contributed by atoms with E-state index in [1.165, 1.54) is 25.7 Å². The third-order valence-electron chi connectivity index (χ3n) is 1.83. The molecular weight excluding hydrogens is 235 g/mol.